The Labute approximate surface area is 124 Å². The lowest BCUT2D eigenvalue weighted by molar-refractivity contribution is -0.137. The van der Waals surface area contributed by atoms with Crippen molar-refractivity contribution in [3.63, 3.8) is 0 Å². The van der Waals surface area contributed by atoms with Gasteiger partial charge in [-0.15, -0.1) is 0 Å². The molecule has 0 saturated heterocycles. The van der Waals surface area contributed by atoms with Gasteiger partial charge in [-0.25, -0.2) is 0 Å². The minimum absolute atomic E-state index is 0.203. The van der Waals surface area contributed by atoms with Gasteiger partial charge in [-0.1, -0.05) is 23.7 Å². The molecule has 2 aromatic carbocycles. The molecule has 0 aliphatic rings. The third-order valence-corrected chi connectivity index (χ3v) is 3.16. The Balaban J connectivity index is 2.18. The van der Waals surface area contributed by atoms with Crippen LogP contribution < -0.4 is 5.32 Å². The average molecular weight is 311 g/mol. The highest BCUT2D eigenvalue weighted by Crippen LogP contribution is 2.33. The molecule has 0 aromatic heterocycles. The van der Waals surface area contributed by atoms with Crippen molar-refractivity contribution in [1.82, 2.24) is 0 Å². The first-order chi connectivity index (χ1) is 9.90. The number of anilines is 1. The van der Waals surface area contributed by atoms with Crippen molar-refractivity contribution in [3.05, 3.63) is 64.2 Å². The maximum atomic E-state index is 12.7. The predicted octanol–water partition coefficient (Wildman–Crippen LogP) is 4.84. The Morgan fingerprint density at radius 1 is 1.14 bits per heavy atom. The van der Waals surface area contributed by atoms with Gasteiger partial charge >= 0.3 is 6.18 Å². The van der Waals surface area contributed by atoms with E-state index in [-0.39, 0.29) is 17.3 Å². The van der Waals surface area contributed by atoms with Crippen molar-refractivity contribution in [1.29, 1.82) is 5.26 Å². The molecule has 2 aromatic rings. The van der Waals surface area contributed by atoms with Crippen molar-refractivity contribution in [3.8, 4) is 6.07 Å². The van der Waals surface area contributed by atoms with E-state index in [0.717, 1.165) is 17.7 Å². The number of rotatable bonds is 3. The van der Waals surface area contributed by atoms with E-state index in [1.54, 1.807) is 24.3 Å². The number of nitriles is 1. The van der Waals surface area contributed by atoms with E-state index >= 15 is 0 Å². The van der Waals surface area contributed by atoms with E-state index in [4.69, 9.17) is 16.9 Å². The van der Waals surface area contributed by atoms with Crippen LogP contribution in [0, 0.1) is 11.3 Å². The van der Waals surface area contributed by atoms with Crippen LogP contribution >= 0.6 is 11.6 Å². The summed E-state index contributed by atoms with van der Waals surface area (Å²) < 4.78 is 38.0. The van der Waals surface area contributed by atoms with Crippen molar-refractivity contribution >= 4 is 17.3 Å². The fourth-order valence-corrected chi connectivity index (χ4v) is 1.97. The zero-order valence-electron chi connectivity index (χ0n) is 10.7. The molecule has 6 heteroatoms. The summed E-state index contributed by atoms with van der Waals surface area (Å²) in [6, 6.07) is 11.9. The first-order valence-corrected chi connectivity index (χ1v) is 6.37. The zero-order valence-corrected chi connectivity index (χ0v) is 11.5. The van der Waals surface area contributed by atoms with Gasteiger partial charge in [0.05, 0.1) is 27.9 Å². The molecule has 108 valence electrons. The maximum absolute atomic E-state index is 12.7. The number of nitrogens with one attached hydrogen (secondary N) is 1. The highest BCUT2D eigenvalue weighted by atomic mass is 35.5. The smallest absolute Gasteiger partial charge is 0.380 e. The second-order valence-electron chi connectivity index (χ2n) is 4.36. The van der Waals surface area contributed by atoms with Crippen LogP contribution in [-0.2, 0) is 12.7 Å². The van der Waals surface area contributed by atoms with Crippen molar-refractivity contribution in [2.24, 2.45) is 0 Å². The monoisotopic (exact) mass is 310 g/mol. The first-order valence-electron chi connectivity index (χ1n) is 6.00. The maximum Gasteiger partial charge on any atom is 0.416 e. The fourth-order valence-electron chi connectivity index (χ4n) is 1.79. The number of hydrogen-bond acceptors (Lipinski definition) is 2. The quantitative estimate of drug-likeness (QED) is 0.880. The summed E-state index contributed by atoms with van der Waals surface area (Å²) in [5, 5.41) is 11.9. The summed E-state index contributed by atoms with van der Waals surface area (Å²) in [6.45, 7) is 0.274. The lowest BCUT2D eigenvalue weighted by atomic mass is 10.1. The molecule has 0 unspecified atom stereocenters. The molecule has 0 spiro atoms. The van der Waals surface area contributed by atoms with Crippen LogP contribution in [0.1, 0.15) is 16.7 Å². The lowest BCUT2D eigenvalue weighted by Crippen LogP contribution is -2.07. The van der Waals surface area contributed by atoms with Crippen molar-refractivity contribution < 1.29 is 13.2 Å². The van der Waals surface area contributed by atoms with E-state index < -0.39 is 11.7 Å². The van der Waals surface area contributed by atoms with Gasteiger partial charge in [0.1, 0.15) is 0 Å². The third-order valence-electron chi connectivity index (χ3n) is 2.83. The molecule has 0 aliphatic carbocycles. The molecule has 0 radical (unpaired) electrons. The van der Waals surface area contributed by atoms with Gasteiger partial charge < -0.3 is 5.32 Å². The molecule has 0 amide bonds. The first kappa shape index (κ1) is 15.2. The molecular formula is C15H10ClF3N2. The Morgan fingerprint density at radius 2 is 1.90 bits per heavy atom. The summed E-state index contributed by atoms with van der Waals surface area (Å²) in [5.74, 6) is 0. The molecule has 0 heterocycles. The lowest BCUT2D eigenvalue weighted by Gasteiger charge is -2.12. The van der Waals surface area contributed by atoms with E-state index in [1.807, 2.05) is 6.07 Å². The Kier molecular flexibility index (Phi) is 4.39. The van der Waals surface area contributed by atoms with Crippen LogP contribution in [0.2, 0.25) is 5.02 Å². The summed E-state index contributed by atoms with van der Waals surface area (Å²) in [7, 11) is 0. The van der Waals surface area contributed by atoms with Crippen molar-refractivity contribution in [2.45, 2.75) is 12.7 Å². The van der Waals surface area contributed by atoms with Crippen LogP contribution in [0.4, 0.5) is 18.9 Å². The van der Waals surface area contributed by atoms with Gasteiger partial charge in [0.15, 0.2) is 0 Å². The van der Waals surface area contributed by atoms with Crippen LogP contribution in [-0.4, -0.2) is 0 Å². The second-order valence-corrected chi connectivity index (χ2v) is 4.77. The second kappa shape index (κ2) is 6.06. The molecule has 1 N–H and O–H groups in total. The third kappa shape index (κ3) is 3.89. The molecule has 0 atom stereocenters. The highest BCUT2D eigenvalue weighted by Gasteiger charge is 2.30. The number of nitrogens with zero attached hydrogens (tertiary/aromatic N) is 1. The van der Waals surface area contributed by atoms with Crippen molar-refractivity contribution in [2.75, 3.05) is 5.32 Å². The topological polar surface area (TPSA) is 35.8 Å². The summed E-state index contributed by atoms with van der Waals surface area (Å²) in [5.41, 5.74) is 0.709. The minimum Gasteiger partial charge on any atom is -0.380 e. The molecule has 0 bridgehead atoms. The van der Waals surface area contributed by atoms with Crippen LogP contribution in [0.15, 0.2) is 42.5 Å². The average Bonchev–Trinajstić information content (AvgIpc) is 2.45. The minimum atomic E-state index is -4.41. The predicted molar refractivity (Wildman–Crippen MR) is 74.9 cm³/mol. The van der Waals surface area contributed by atoms with Gasteiger partial charge in [-0.2, -0.15) is 18.4 Å². The van der Waals surface area contributed by atoms with Gasteiger partial charge in [-0.05, 0) is 35.9 Å². The summed E-state index contributed by atoms with van der Waals surface area (Å²) in [6.07, 6.45) is -4.41. The van der Waals surface area contributed by atoms with Gasteiger partial charge in [0, 0.05) is 6.54 Å². The SMILES string of the molecule is N#Cc1cccc(CNc2cc(C(F)(F)F)ccc2Cl)c1. The number of benzene rings is 2. The summed E-state index contributed by atoms with van der Waals surface area (Å²) >= 11 is 5.89. The molecule has 0 saturated carbocycles. The standard InChI is InChI=1S/C15H10ClF3N2/c16-13-5-4-12(15(17,18)19)7-14(13)21-9-11-3-1-2-10(6-11)8-20/h1-7,21H,9H2. The van der Waals surface area contributed by atoms with E-state index in [0.29, 0.717) is 5.56 Å². The Hall–Kier alpha value is -2.19. The summed E-state index contributed by atoms with van der Waals surface area (Å²) in [4.78, 5) is 0. The van der Waals surface area contributed by atoms with Crippen LogP contribution in [0.25, 0.3) is 0 Å². The normalized spacial score (nSPS) is 11.0. The Morgan fingerprint density at radius 3 is 2.57 bits per heavy atom. The molecule has 0 fully saturated rings. The van der Waals surface area contributed by atoms with Gasteiger partial charge in [-0.3, -0.25) is 0 Å². The van der Waals surface area contributed by atoms with Gasteiger partial charge in [0.25, 0.3) is 0 Å². The fraction of sp³-hybridized carbons (Fsp3) is 0.133. The number of hydrogen-bond donors (Lipinski definition) is 1. The van der Waals surface area contributed by atoms with Crippen LogP contribution in [0.5, 0.6) is 0 Å². The van der Waals surface area contributed by atoms with Gasteiger partial charge in [0.2, 0.25) is 0 Å². The molecule has 21 heavy (non-hydrogen) atoms. The molecular weight excluding hydrogens is 301 g/mol. The van der Waals surface area contributed by atoms with Crippen LogP contribution in [0.3, 0.4) is 0 Å². The number of halogens is 4. The number of alkyl halides is 3. The van der Waals surface area contributed by atoms with E-state index in [2.05, 4.69) is 5.32 Å². The Bertz CT molecular complexity index is 690. The largest absolute Gasteiger partial charge is 0.416 e. The molecule has 0 aliphatic heterocycles. The van der Waals surface area contributed by atoms with E-state index in [1.165, 1.54) is 6.07 Å². The van der Waals surface area contributed by atoms with E-state index in [9.17, 15) is 13.2 Å². The highest BCUT2D eigenvalue weighted by molar-refractivity contribution is 6.33. The zero-order chi connectivity index (χ0) is 15.5. The molecule has 2 rings (SSSR count). The molecule has 2 nitrogen and oxygen atoms in total.